The summed E-state index contributed by atoms with van der Waals surface area (Å²) in [5.74, 6) is 1.24. The van der Waals surface area contributed by atoms with Crippen LogP contribution in [0.4, 0.5) is 5.95 Å². The molecule has 4 aromatic rings. The summed E-state index contributed by atoms with van der Waals surface area (Å²) in [4.78, 5) is 0. The molecule has 0 saturated carbocycles. The molecule has 4 rings (SSSR count). The second-order valence-electron chi connectivity index (χ2n) is 5.56. The molecule has 7 nitrogen and oxygen atoms in total. The molecule has 0 fully saturated rings. The summed E-state index contributed by atoms with van der Waals surface area (Å²) in [5.41, 5.74) is 4.72. The van der Waals surface area contributed by atoms with Gasteiger partial charge in [0.25, 0.3) is 5.95 Å². The first-order valence-corrected chi connectivity index (χ1v) is 8.05. The van der Waals surface area contributed by atoms with Gasteiger partial charge in [0.2, 0.25) is 0 Å². The maximum Gasteiger partial charge on any atom is 0.268 e. The van der Waals surface area contributed by atoms with Gasteiger partial charge in [-0.1, -0.05) is 41.5 Å². The van der Waals surface area contributed by atoms with E-state index in [1.165, 1.54) is 0 Å². The molecule has 0 unspecified atom stereocenters. The molecule has 1 aromatic heterocycles. The highest BCUT2D eigenvalue weighted by Crippen LogP contribution is 2.23. The third kappa shape index (κ3) is 3.10. The van der Waals surface area contributed by atoms with Crippen molar-refractivity contribution in [2.24, 2.45) is 5.10 Å². The summed E-state index contributed by atoms with van der Waals surface area (Å²) in [7, 11) is 1.64. The highest BCUT2D eigenvalue weighted by Gasteiger charge is 2.10. The third-order valence-corrected chi connectivity index (χ3v) is 3.96. The molecule has 0 atom stereocenters. The Hall–Kier alpha value is -3.74. The van der Waals surface area contributed by atoms with E-state index in [9.17, 15) is 0 Å². The summed E-state index contributed by atoms with van der Waals surface area (Å²) in [5, 5.41) is 18.3. The molecule has 1 N–H and O–H groups in total. The highest BCUT2D eigenvalue weighted by atomic mass is 16.5. The fraction of sp³-hybridized carbons (Fsp3) is 0.0526. The zero-order valence-electron chi connectivity index (χ0n) is 14.1. The van der Waals surface area contributed by atoms with E-state index in [0.717, 1.165) is 27.8 Å². The average molecular weight is 344 g/mol. The number of tetrazole rings is 1. The molecule has 3 aromatic carbocycles. The molecule has 0 aliphatic carbocycles. The van der Waals surface area contributed by atoms with E-state index >= 15 is 0 Å². The van der Waals surface area contributed by atoms with Crippen LogP contribution >= 0.6 is 0 Å². The molecular formula is C19H16N6O. The lowest BCUT2D eigenvalue weighted by Crippen LogP contribution is -2.04. The van der Waals surface area contributed by atoms with E-state index in [-0.39, 0.29) is 0 Å². The Kier molecular flexibility index (Phi) is 4.26. The van der Waals surface area contributed by atoms with Crippen molar-refractivity contribution in [2.75, 3.05) is 12.5 Å². The van der Waals surface area contributed by atoms with Gasteiger partial charge in [-0.3, -0.25) is 0 Å². The summed E-state index contributed by atoms with van der Waals surface area (Å²) in [6.07, 6.45) is 1.70. The Morgan fingerprint density at radius 2 is 1.81 bits per heavy atom. The molecule has 7 heteroatoms. The molecule has 1 heterocycles. The van der Waals surface area contributed by atoms with Crippen LogP contribution < -0.4 is 10.2 Å². The third-order valence-electron chi connectivity index (χ3n) is 3.96. The van der Waals surface area contributed by atoms with Gasteiger partial charge in [0.05, 0.1) is 19.0 Å². The largest absolute Gasteiger partial charge is 0.497 e. The molecule has 0 aliphatic heterocycles. The number of hydrazone groups is 1. The first-order valence-electron chi connectivity index (χ1n) is 8.05. The van der Waals surface area contributed by atoms with Crippen LogP contribution in [-0.4, -0.2) is 33.5 Å². The van der Waals surface area contributed by atoms with Crippen LogP contribution in [0.25, 0.3) is 16.5 Å². The summed E-state index contributed by atoms with van der Waals surface area (Å²) < 4.78 is 6.78. The highest BCUT2D eigenvalue weighted by molar-refractivity contribution is 5.90. The predicted molar refractivity (Wildman–Crippen MR) is 101 cm³/mol. The quantitative estimate of drug-likeness (QED) is 0.444. The Bertz CT molecular complexity index is 1050. The lowest BCUT2D eigenvalue weighted by atomic mass is 10.1. The Balaban J connectivity index is 1.59. The second kappa shape index (κ2) is 7.02. The fourth-order valence-electron chi connectivity index (χ4n) is 2.67. The van der Waals surface area contributed by atoms with Crippen molar-refractivity contribution in [2.45, 2.75) is 0 Å². The Labute approximate surface area is 149 Å². The van der Waals surface area contributed by atoms with E-state index in [2.05, 4.69) is 38.2 Å². The molecule has 0 saturated heterocycles. The minimum absolute atomic E-state index is 0.436. The van der Waals surface area contributed by atoms with Crippen molar-refractivity contribution in [3.8, 4) is 11.4 Å². The van der Waals surface area contributed by atoms with E-state index in [0.29, 0.717) is 5.95 Å². The lowest BCUT2D eigenvalue weighted by Gasteiger charge is -2.07. The minimum atomic E-state index is 0.436. The SMILES string of the molecule is COc1ccc(/C=N\Nc2nnnn2-c2cccc3ccccc23)cc1. The van der Waals surface area contributed by atoms with Gasteiger partial charge in [0.1, 0.15) is 5.75 Å². The number of fused-ring (bicyclic) bond motifs is 1. The molecule has 0 aliphatic rings. The van der Waals surface area contributed by atoms with Crippen LogP contribution in [0.3, 0.4) is 0 Å². The predicted octanol–water partition coefficient (Wildman–Crippen LogP) is 3.27. The van der Waals surface area contributed by atoms with E-state index in [1.54, 1.807) is 18.0 Å². The molecule has 0 radical (unpaired) electrons. The number of methoxy groups -OCH3 is 1. The first-order chi connectivity index (χ1) is 12.8. The van der Waals surface area contributed by atoms with Crippen molar-refractivity contribution in [3.05, 3.63) is 72.3 Å². The molecular weight excluding hydrogens is 328 g/mol. The van der Waals surface area contributed by atoms with Gasteiger partial charge in [0, 0.05) is 5.39 Å². The van der Waals surface area contributed by atoms with Crippen molar-refractivity contribution >= 4 is 22.9 Å². The summed E-state index contributed by atoms with van der Waals surface area (Å²) in [6.45, 7) is 0. The van der Waals surface area contributed by atoms with Gasteiger partial charge in [-0.2, -0.15) is 9.78 Å². The van der Waals surface area contributed by atoms with Gasteiger partial charge >= 0.3 is 0 Å². The van der Waals surface area contributed by atoms with Gasteiger partial charge in [-0.05, 0) is 51.7 Å². The topological polar surface area (TPSA) is 77.2 Å². The number of anilines is 1. The van der Waals surface area contributed by atoms with Crippen LogP contribution in [0.5, 0.6) is 5.75 Å². The smallest absolute Gasteiger partial charge is 0.268 e. The monoisotopic (exact) mass is 344 g/mol. The number of benzene rings is 3. The van der Waals surface area contributed by atoms with Gasteiger partial charge in [-0.15, -0.1) is 0 Å². The summed E-state index contributed by atoms with van der Waals surface area (Å²) >= 11 is 0. The van der Waals surface area contributed by atoms with Gasteiger partial charge < -0.3 is 4.74 Å². The van der Waals surface area contributed by atoms with Crippen LogP contribution in [0.15, 0.2) is 71.8 Å². The second-order valence-corrected chi connectivity index (χ2v) is 5.56. The van der Waals surface area contributed by atoms with Crippen molar-refractivity contribution in [1.29, 1.82) is 0 Å². The van der Waals surface area contributed by atoms with Crippen molar-refractivity contribution < 1.29 is 4.74 Å². The zero-order chi connectivity index (χ0) is 17.8. The fourth-order valence-corrected chi connectivity index (χ4v) is 2.67. The number of hydrogen-bond acceptors (Lipinski definition) is 6. The normalized spacial score (nSPS) is 11.1. The van der Waals surface area contributed by atoms with Crippen LogP contribution in [-0.2, 0) is 0 Å². The van der Waals surface area contributed by atoms with Gasteiger partial charge in [0.15, 0.2) is 0 Å². The molecule has 26 heavy (non-hydrogen) atoms. The molecule has 0 bridgehead atoms. The lowest BCUT2D eigenvalue weighted by molar-refractivity contribution is 0.415. The van der Waals surface area contributed by atoms with Gasteiger partial charge in [-0.25, -0.2) is 5.43 Å². The van der Waals surface area contributed by atoms with Crippen LogP contribution in [0.2, 0.25) is 0 Å². The number of nitrogens with one attached hydrogen (secondary N) is 1. The van der Waals surface area contributed by atoms with Crippen molar-refractivity contribution in [3.63, 3.8) is 0 Å². The number of nitrogens with zero attached hydrogens (tertiary/aromatic N) is 5. The number of rotatable bonds is 5. The number of ether oxygens (including phenoxy) is 1. The van der Waals surface area contributed by atoms with Crippen LogP contribution in [0.1, 0.15) is 5.56 Å². The van der Waals surface area contributed by atoms with Crippen LogP contribution in [0, 0.1) is 0 Å². The minimum Gasteiger partial charge on any atom is -0.497 e. The molecule has 0 amide bonds. The van der Waals surface area contributed by atoms with E-state index in [1.807, 2.05) is 54.6 Å². The molecule has 128 valence electrons. The molecule has 0 spiro atoms. The standard InChI is InChI=1S/C19H16N6O/c1-26-16-11-9-14(10-12-16)13-20-21-19-22-23-24-25(19)18-8-4-6-15-5-2-3-7-17(15)18/h2-13H,1H3,(H,21,22,24)/b20-13-. The van der Waals surface area contributed by atoms with Crippen molar-refractivity contribution in [1.82, 2.24) is 20.2 Å². The number of hydrogen-bond donors (Lipinski definition) is 1. The zero-order valence-corrected chi connectivity index (χ0v) is 14.1. The first kappa shape index (κ1) is 15.8. The van der Waals surface area contributed by atoms with E-state index in [4.69, 9.17) is 4.74 Å². The summed E-state index contributed by atoms with van der Waals surface area (Å²) in [6, 6.07) is 21.7. The number of aromatic nitrogens is 4. The van der Waals surface area contributed by atoms with E-state index < -0.39 is 0 Å². The Morgan fingerprint density at radius 1 is 1.00 bits per heavy atom. The maximum atomic E-state index is 5.14. The maximum absolute atomic E-state index is 5.14. The Morgan fingerprint density at radius 3 is 2.65 bits per heavy atom. The average Bonchev–Trinajstić information content (AvgIpc) is 3.16.